The number of benzene rings is 1. The maximum atomic E-state index is 6.05. The average molecular weight is 260 g/mol. The minimum absolute atomic E-state index is 0.544. The van der Waals surface area contributed by atoms with E-state index in [0.29, 0.717) is 12.1 Å². The van der Waals surface area contributed by atoms with Crippen molar-refractivity contribution in [3.63, 3.8) is 0 Å². The largest absolute Gasteiger partial charge is 0.329 e. The standard InChI is InChI=1S/C17H28N2/c1-3-8-16(15-10-5-4-6-11-15)19-12-7-9-14(2)17(19)13-18/h4-6,10-11,14,16-17H,3,7-9,12-13,18H2,1-2H3. The van der Waals surface area contributed by atoms with E-state index in [1.54, 1.807) is 0 Å². The molecule has 0 radical (unpaired) electrons. The van der Waals surface area contributed by atoms with Gasteiger partial charge in [0, 0.05) is 18.6 Å². The molecule has 0 spiro atoms. The van der Waals surface area contributed by atoms with Crippen LogP contribution in [0, 0.1) is 5.92 Å². The van der Waals surface area contributed by atoms with Gasteiger partial charge in [0.25, 0.3) is 0 Å². The summed E-state index contributed by atoms with van der Waals surface area (Å²) in [5, 5.41) is 0. The zero-order valence-electron chi connectivity index (χ0n) is 12.4. The molecule has 1 fully saturated rings. The maximum absolute atomic E-state index is 6.05. The minimum atomic E-state index is 0.544. The van der Waals surface area contributed by atoms with Gasteiger partial charge in [-0.05, 0) is 37.3 Å². The summed E-state index contributed by atoms with van der Waals surface area (Å²) in [6.45, 7) is 6.62. The zero-order chi connectivity index (χ0) is 13.7. The summed E-state index contributed by atoms with van der Waals surface area (Å²) in [6, 6.07) is 12.0. The fourth-order valence-electron chi connectivity index (χ4n) is 3.51. The van der Waals surface area contributed by atoms with Crippen LogP contribution < -0.4 is 5.73 Å². The third-order valence-corrected chi connectivity index (χ3v) is 4.55. The Morgan fingerprint density at radius 2 is 2.05 bits per heavy atom. The Labute approximate surface area is 118 Å². The van der Waals surface area contributed by atoms with Crippen LogP contribution in [0.15, 0.2) is 30.3 Å². The molecule has 1 aromatic rings. The molecule has 1 aliphatic rings. The van der Waals surface area contributed by atoms with E-state index in [2.05, 4.69) is 49.1 Å². The molecule has 1 saturated heterocycles. The van der Waals surface area contributed by atoms with Gasteiger partial charge in [-0.3, -0.25) is 4.90 Å². The third kappa shape index (κ3) is 3.37. The van der Waals surface area contributed by atoms with E-state index >= 15 is 0 Å². The molecule has 0 bridgehead atoms. The first kappa shape index (κ1) is 14.5. The van der Waals surface area contributed by atoms with Crippen LogP contribution in [-0.4, -0.2) is 24.0 Å². The molecule has 0 aromatic heterocycles. The van der Waals surface area contributed by atoms with Crippen molar-refractivity contribution in [1.29, 1.82) is 0 Å². The van der Waals surface area contributed by atoms with Crippen molar-refractivity contribution in [2.24, 2.45) is 11.7 Å². The lowest BCUT2D eigenvalue weighted by Gasteiger charge is -2.44. The second kappa shape index (κ2) is 7.06. The highest BCUT2D eigenvalue weighted by atomic mass is 15.2. The van der Waals surface area contributed by atoms with Gasteiger partial charge in [0.05, 0.1) is 0 Å². The van der Waals surface area contributed by atoms with Crippen molar-refractivity contribution >= 4 is 0 Å². The highest BCUT2D eigenvalue weighted by Crippen LogP contribution is 2.33. The lowest BCUT2D eigenvalue weighted by molar-refractivity contribution is 0.0571. The lowest BCUT2D eigenvalue weighted by atomic mass is 9.87. The van der Waals surface area contributed by atoms with Crippen molar-refractivity contribution in [2.75, 3.05) is 13.1 Å². The van der Waals surface area contributed by atoms with Crippen LogP contribution in [0.4, 0.5) is 0 Å². The van der Waals surface area contributed by atoms with Crippen LogP contribution in [0.2, 0.25) is 0 Å². The van der Waals surface area contributed by atoms with Crippen molar-refractivity contribution in [1.82, 2.24) is 4.90 Å². The predicted octanol–water partition coefficient (Wildman–Crippen LogP) is 3.59. The van der Waals surface area contributed by atoms with Gasteiger partial charge in [-0.15, -0.1) is 0 Å². The number of piperidine rings is 1. The fourth-order valence-corrected chi connectivity index (χ4v) is 3.51. The SMILES string of the molecule is CCCC(c1ccccc1)N1CCCC(C)C1CN. The van der Waals surface area contributed by atoms with Crippen LogP contribution in [0.25, 0.3) is 0 Å². The highest BCUT2D eigenvalue weighted by molar-refractivity contribution is 5.19. The highest BCUT2D eigenvalue weighted by Gasteiger charge is 2.32. The number of hydrogen-bond acceptors (Lipinski definition) is 2. The molecule has 1 aliphatic heterocycles. The van der Waals surface area contributed by atoms with Gasteiger partial charge in [0.15, 0.2) is 0 Å². The van der Waals surface area contributed by atoms with Crippen molar-refractivity contribution < 1.29 is 0 Å². The molecule has 0 aliphatic carbocycles. The first-order valence-corrected chi connectivity index (χ1v) is 7.78. The lowest BCUT2D eigenvalue weighted by Crippen LogP contribution is -2.50. The van der Waals surface area contributed by atoms with Crippen LogP contribution in [-0.2, 0) is 0 Å². The predicted molar refractivity (Wildman–Crippen MR) is 82.0 cm³/mol. The molecule has 2 heteroatoms. The molecular formula is C17H28N2. The van der Waals surface area contributed by atoms with Gasteiger partial charge in [-0.1, -0.05) is 50.6 Å². The summed E-state index contributed by atoms with van der Waals surface area (Å²) in [5.74, 6) is 0.724. The molecule has 0 saturated carbocycles. The van der Waals surface area contributed by atoms with Crippen molar-refractivity contribution in [3.05, 3.63) is 35.9 Å². The number of hydrogen-bond donors (Lipinski definition) is 1. The maximum Gasteiger partial charge on any atom is 0.0351 e. The molecule has 0 amide bonds. The monoisotopic (exact) mass is 260 g/mol. The number of likely N-dealkylation sites (tertiary alicyclic amines) is 1. The van der Waals surface area contributed by atoms with Crippen LogP contribution >= 0.6 is 0 Å². The second-order valence-electron chi connectivity index (χ2n) is 5.88. The molecular weight excluding hydrogens is 232 g/mol. The number of nitrogens with two attached hydrogens (primary N) is 1. The van der Waals surface area contributed by atoms with E-state index in [9.17, 15) is 0 Å². The van der Waals surface area contributed by atoms with E-state index in [-0.39, 0.29) is 0 Å². The Morgan fingerprint density at radius 3 is 2.68 bits per heavy atom. The Kier molecular flexibility index (Phi) is 5.41. The Morgan fingerprint density at radius 1 is 1.32 bits per heavy atom. The first-order valence-electron chi connectivity index (χ1n) is 7.78. The zero-order valence-corrected chi connectivity index (χ0v) is 12.4. The fraction of sp³-hybridized carbons (Fsp3) is 0.647. The molecule has 1 aromatic carbocycles. The summed E-state index contributed by atoms with van der Waals surface area (Å²) in [7, 11) is 0. The van der Waals surface area contributed by atoms with Gasteiger partial charge in [0.1, 0.15) is 0 Å². The number of rotatable bonds is 5. The minimum Gasteiger partial charge on any atom is -0.329 e. The summed E-state index contributed by atoms with van der Waals surface area (Å²) in [6.07, 6.45) is 5.09. The van der Waals surface area contributed by atoms with E-state index in [1.165, 1.54) is 37.8 Å². The van der Waals surface area contributed by atoms with E-state index in [1.807, 2.05) is 0 Å². The van der Waals surface area contributed by atoms with Crippen LogP contribution in [0.5, 0.6) is 0 Å². The smallest absolute Gasteiger partial charge is 0.0351 e. The molecule has 1 heterocycles. The third-order valence-electron chi connectivity index (χ3n) is 4.55. The van der Waals surface area contributed by atoms with Crippen molar-refractivity contribution in [3.8, 4) is 0 Å². The molecule has 106 valence electrons. The van der Waals surface area contributed by atoms with E-state index in [4.69, 9.17) is 5.73 Å². The average Bonchev–Trinajstić information content (AvgIpc) is 2.45. The van der Waals surface area contributed by atoms with Crippen LogP contribution in [0.1, 0.15) is 51.1 Å². The Bertz CT molecular complexity index is 363. The van der Waals surface area contributed by atoms with Gasteiger partial charge >= 0.3 is 0 Å². The van der Waals surface area contributed by atoms with Gasteiger partial charge in [0.2, 0.25) is 0 Å². The molecule has 2 nitrogen and oxygen atoms in total. The molecule has 2 rings (SSSR count). The first-order chi connectivity index (χ1) is 9.27. The van der Waals surface area contributed by atoms with E-state index < -0.39 is 0 Å². The molecule has 2 N–H and O–H groups in total. The van der Waals surface area contributed by atoms with Gasteiger partial charge in [-0.2, -0.15) is 0 Å². The number of nitrogens with zero attached hydrogens (tertiary/aromatic N) is 1. The summed E-state index contributed by atoms with van der Waals surface area (Å²) < 4.78 is 0. The second-order valence-corrected chi connectivity index (χ2v) is 5.88. The van der Waals surface area contributed by atoms with Gasteiger partial charge < -0.3 is 5.73 Å². The summed E-state index contributed by atoms with van der Waals surface area (Å²) in [4.78, 5) is 2.67. The molecule has 19 heavy (non-hydrogen) atoms. The van der Waals surface area contributed by atoms with Gasteiger partial charge in [-0.25, -0.2) is 0 Å². The summed E-state index contributed by atoms with van der Waals surface area (Å²) in [5.41, 5.74) is 7.51. The normalized spacial score (nSPS) is 26.3. The molecule has 3 atom stereocenters. The quantitative estimate of drug-likeness (QED) is 0.876. The Hall–Kier alpha value is -0.860. The van der Waals surface area contributed by atoms with Crippen molar-refractivity contribution in [2.45, 2.75) is 51.6 Å². The topological polar surface area (TPSA) is 29.3 Å². The summed E-state index contributed by atoms with van der Waals surface area (Å²) >= 11 is 0. The van der Waals surface area contributed by atoms with Crippen LogP contribution in [0.3, 0.4) is 0 Å². The Balaban J connectivity index is 2.22. The molecule has 3 unspecified atom stereocenters. The van der Waals surface area contributed by atoms with E-state index in [0.717, 1.165) is 12.5 Å².